The van der Waals surface area contributed by atoms with E-state index in [9.17, 15) is 9.90 Å². The molecule has 3 aromatic rings. The number of carbonyl (C=O) groups is 1. The van der Waals surface area contributed by atoms with E-state index in [0.29, 0.717) is 25.8 Å². The van der Waals surface area contributed by atoms with E-state index >= 15 is 0 Å². The van der Waals surface area contributed by atoms with Gasteiger partial charge in [-0.25, -0.2) is 4.98 Å². The second-order valence-corrected chi connectivity index (χ2v) is 9.13. The van der Waals surface area contributed by atoms with Crippen molar-refractivity contribution in [1.82, 2.24) is 24.0 Å². The average Bonchev–Trinajstić information content (AvgIpc) is 3.39. The number of carbonyl (C=O) groups excluding carboxylic acids is 1. The van der Waals surface area contributed by atoms with E-state index in [0.717, 1.165) is 29.6 Å². The van der Waals surface area contributed by atoms with Gasteiger partial charge in [0, 0.05) is 54.7 Å². The van der Waals surface area contributed by atoms with Crippen molar-refractivity contribution in [3.8, 4) is 0 Å². The summed E-state index contributed by atoms with van der Waals surface area (Å²) in [5.74, 6) is 1.13. The summed E-state index contributed by atoms with van der Waals surface area (Å²) in [5, 5.41) is 12.6. The maximum atomic E-state index is 13.2. The van der Waals surface area contributed by atoms with Crippen LogP contribution in [0.15, 0.2) is 43.1 Å². The number of nitrogens with zero attached hydrogens (tertiary/aromatic N) is 5. The smallest absolute Gasteiger partial charge is 0.225 e. The van der Waals surface area contributed by atoms with Crippen LogP contribution in [-0.4, -0.2) is 52.7 Å². The maximum absolute atomic E-state index is 13.2. The highest BCUT2D eigenvalue weighted by Gasteiger charge is 2.49. The largest absolute Gasteiger partial charge is 0.388 e. The Labute approximate surface area is 176 Å². The fraction of sp³-hybridized carbons (Fsp3) is 0.522. The van der Waals surface area contributed by atoms with Gasteiger partial charge in [0.15, 0.2) is 0 Å². The lowest BCUT2D eigenvalue weighted by molar-refractivity contribution is -0.142. The van der Waals surface area contributed by atoms with Crippen molar-refractivity contribution in [2.24, 2.45) is 0 Å². The molecule has 0 spiro atoms. The van der Waals surface area contributed by atoms with Crippen molar-refractivity contribution in [3.05, 3.63) is 48.9 Å². The molecule has 7 nitrogen and oxygen atoms in total. The summed E-state index contributed by atoms with van der Waals surface area (Å²) >= 11 is 0. The minimum atomic E-state index is -0.795. The van der Waals surface area contributed by atoms with Gasteiger partial charge in [-0.3, -0.25) is 9.78 Å². The van der Waals surface area contributed by atoms with Crippen LogP contribution in [0.5, 0.6) is 0 Å². The topological polar surface area (TPSA) is 76.2 Å². The molecule has 7 heteroatoms. The van der Waals surface area contributed by atoms with E-state index < -0.39 is 5.60 Å². The fourth-order valence-corrected chi connectivity index (χ4v) is 5.65. The van der Waals surface area contributed by atoms with Crippen LogP contribution in [0.1, 0.15) is 50.9 Å². The normalized spacial score (nSPS) is 27.0. The average molecular weight is 408 g/mol. The molecule has 0 aliphatic carbocycles. The second kappa shape index (κ2) is 7.23. The zero-order valence-corrected chi connectivity index (χ0v) is 17.6. The molecule has 5 rings (SSSR count). The summed E-state index contributed by atoms with van der Waals surface area (Å²) < 4.78 is 4.16. The third-order valence-corrected chi connectivity index (χ3v) is 6.99. The summed E-state index contributed by atoms with van der Waals surface area (Å²) in [5.41, 5.74) is 0.248. The second-order valence-electron chi connectivity index (χ2n) is 9.13. The van der Waals surface area contributed by atoms with Crippen LogP contribution in [0.4, 0.5) is 0 Å². The first kappa shape index (κ1) is 19.3. The number of piperidine rings is 1. The van der Waals surface area contributed by atoms with Gasteiger partial charge in [0.1, 0.15) is 5.82 Å². The summed E-state index contributed by atoms with van der Waals surface area (Å²) in [7, 11) is 0. The molecule has 3 atom stereocenters. The molecule has 2 saturated heterocycles. The van der Waals surface area contributed by atoms with E-state index in [2.05, 4.69) is 37.0 Å². The Bertz CT molecular complexity index is 1060. The van der Waals surface area contributed by atoms with Crippen LogP contribution in [0.25, 0.3) is 10.9 Å². The molecule has 5 heterocycles. The number of aliphatic hydroxyl groups is 1. The van der Waals surface area contributed by atoms with E-state index in [4.69, 9.17) is 0 Å². The molecule has 158 valence electrons. The van der Waals surface area contributed by atoms with E-state index in [-0.39, 0.29) is 24.0 Å². The van der Waals surface area contributed by atoms with Crippen molar-refractivity contribution in [2.75, 3.05) is 0 Å². The van der Waals surface area contributed by atoms with E-state index in [1.807, 2.05) is 31.6 Å². The van der Waals surface area contributed by atoms with Gasteiger partial charge < -0.3 is 19.1 Å². The standard InChI is InChI=1S/C23H29N5O2/c1-16(27-10-8-25-17(27)2)11-22(29)28-19-3-4-20(28)13-23(30,12-19)15-26-9-6-18-5-7-24-14-21(18)26/h5-10,14,16,19-20,30H,3-4,11-13,15H2,1-2H3/t16-,19-,20-/m1/s1. The van der Waals surface area contributed by atoms with Crippen molar-refractivity contribution in [2.45, 2.75) is 76.2 Å². The Morgan fingerprint density at radius 1 is 1.23 bits per heavy atom. The van der Waals surface area contributed by atoms with Gasteiger partial charge in [0.05, 0.1) is 23.9 Å². The molecular formula is C23H29N5O2. The molecule has 3 aromatic heterocycles. The molecule has 1 amide bonds. The number of aromatic nitrogens is 4. The summed E-state index contributed by atoms with van der Waals surface area (Å²) in [6, 6.07) is 4.38. The first-order chi connectivity index (χ1) is 14.4. The Balaban J connectivity index is 1.29. The lowest BCUT2D eigenvalue weighted by Crippen LogP contribution is -2.54. The Hall–Kier alpha value is -2.67. The number of hydrogen-bond acceptors (Lipinski definition) is 4. The predicted octanol–water partition coefficient (Wildman–Crippen LogP) is 3.08. The Morgan fingerprint density at radius 3 is 2.70 bits per heavy atom. The lowest BCUT2D eigenvalue weighted by Gasteiger charge is -2.44. The SMILES string of the molecule is Cc1nccn1[C@H](C)CC(=O)N1[C@@H]2CC[C@@H]1CC(O)(Cn1ccc3ccncc31)C2. The molecule has 2 bridgehead atoms. The van der Waals surface area contributed by atoms with Crippen molar-refractivity contribution in [1.29, 1.82) is 0 Å². The third-order valence-electron chi connectivity index (χ3n) is 6.99. The molecule has 0 unspecified atom stereocenters. The van der Waals surface area contributed by atoms with Crippen LogP contribution in [0.2, 0.25) is 0 Å². The van der Waals surface area contributed by atoms with Gasteiger partial charge >= 0.3 is 0 Å². The Morgan fingerprint density at radius 2 is 2.00 bits per heavy atom. The molecule has 2 aliphatic heterocycles. The summed E-state index contributed by atoms with van der Waals surface area (Å²) in [6.07, 6.45) is 13.1. The zero-order valence-electron chi connectivity index (χ0n) is 17.6. The summed E-state index contributed by atoms with van der Waals surface area (Å²) in [6.45, 7) is 4.58. The van der Waals surface area contributed by atoms with Gasteiger partial charge in [-0.1, -0.05) is 0 Å². The van der Waals surface area contributed by atoms with Crippen LogP contribution in [-0.2, 0) is 11.3 Å². The molecule has 0 aromatic carbocycles. The number of aryl methyl sites for hydroxylation is 1. The number of rotatable bonds is 5. The quantitative estimate of drug-likeness (QED) is 0.705. The van der Waals surface area contributed by atoms with Crippen LogP contribution >= 0.6 is 0 Å². The van der Waals surface area contributed by atoms with Gasteiger partial charge in [0.2, 0.25) is 5.91 Å². The third kappa shape index (κ3) is 3.31. The number of hydrogen-bond donors (Lipinski definition) is 1. The molecule has 30 heavy (non-hydrogen) atoms. The van der Waals surface area contributed by atoms with E-state index in [1.165, 1.54) is 0 Å². The van der Waals surface area contributed by atoms with Gasteiger partial charge in [-0.15, -0.1) is 0 Å². The molecule has 1 N–H and O–H groups in total. The monoisotopic (exact) mass is 407 g/mol. The van der Waals surface area contributed by atoms with Crippen LogP contribution in [0, 0.1) is 6.92 Å². The van der Waals surface area contributed by atoms with Crippen molar-refractivity contribution >= 4 is 16.8 Å². The van der Waals surface area contributed by atoms with Gasteiger partial charge in [-0.05, 0) is 51.7 Å². The first-order valence-electron chi connectivity index (χ1n) is 10.9. The van der Waals surface area contributed by atoms with Gasteiger partial charge in [-0.2, -0.15) is 0 Å². The van der Waals surface area contributed by atoms with Crippen molar-refractivity contribution in [3.63, 3.8) is 0 Å². The summed E-state index contributed by atoms with van der Waals surface area (Å²) in [4.78, 5) is 23.8. The number of fused-ring (bicyclic) bond motifs is 3. The molecular weight excluding hydrogens is 378 g/mol. The van der Waals surface area contributed by atoms with Gasteiger partial charge in [0.25, 0.3) is 0 Å². The molecule has 0 saturated carbocycles. The molecule has 0 radical (unpaired) electrons. The highest BCUT2D eigenvalue weighted by Crippen LogP contribution is 2.42. The maximum Gasteiger partial charge on any atom is 0.225 e. The lowest BCUT2D eigenvalue weighted by atomic mass is 9.85. The fourth-order valence-electron chi connectivity index (χ4n) is 5.65. The highest BCUT2D eigenvalue weighted by atomic mass is 16.3. The van der Waals surface area contributed by atoms with Crippen molar-refractivity contribution < 1.29 is 9.90 Å². The number of amides is 1. The van der Waals surface area contributed by atoms with Crippen LogP contribution in [0.3, 0.4) is 0 Å². The number of imidazole rings is 1. The minimum Gasteiger partial charge on any atom is -0.388 e. The predicted molar refractivity (Wildman–Crippen MR) is 114 cm³/mol. The highest BCUT2D eigenvalue weighted by molar-refractivity contribution is 5.79. The molecule has 2 fully saturated rings. The van der Waals surface area contributed by atoms with E-state index in [1.54, 1.807) is 12.4 Å². The number of pyridine rings is 1. The molecule has 2 aliphatic rings. The zero-order chi connectivity index (χ0) is 20.9. The minimum absolute atomic E-state index is 0.0824. The Kier molecular flexibility index (Phi) is 4.65. The first-order valence-corrected chi connectivity index (χ1v) is 10.9. The van der Waals surface area contributed by atoms with Crippen LogP contribution < -0.4 is 0 Å².